The van der Waals surface area contributed by atoms with Crippen LogP contribution >= 0.6 is 23.8 Å². The summed E-state index contributed by atoms with van der Waals surface area (Å²) in [7, 11) is 0. The molecule has 17 heavy (non-hydrogen) atoms. The molecule has 0 amide bonds. The summed E-state index contributed by atoms with van der Waals surface area (Å²) < 4.78 is 0. The minimum atomic E-state index is -1.01. The summed E-state index contributed by atoms with van der Waals surface area (Å²) in [6.45, 7) is 3.92. The zero-order chi connectivity index (χ0) is 13.0. The van der Waals surface area contributed by atoms with E-state index in [-0.39, 0.29) is 11.6 Å². The lowest BCUT2D eigenvalue weighted by Gasteiger charge is -2.14. The lowest BCUT2D eigenvalue weighted by molar-refractivity contribution is 0.0697. The molecule has 4 nitrogen and oxygen atoms in total. The van der Waals surface area contributed by atoms with Gasteiger partial charge in [-0.05, 0) is 44.3 Å². The summed E-state index contributed by atoms with van der Waals surface area (Å²) in [6, 6.07) is 4.64. The first-order chi connectivity index (χ1) is 7.90. The summed E-state index contributed by atoms with van der Waals surface area (Å²) in [5.41, 5.74) is 0.720. The topological polar surface area (TPSA) is 61.4 Å². The van der Waals surface area contributed by atoms with Gasteiger partial charge < -0.3 is 15.7 Å². The van der Waals surface area contributed by atoms with Crippen molar-refractivity contribution in [2.45, 2.75) is 19.9 Å². The molecule has 0 aliphatic carbocycles. The van der Waals surface area contributed by atoms with Gasteiger partial charge in [0.25, 0.3) is 0 Å². The number of rotatable bonds is 3. The summed E-state index contributed by atoms with van der Waals surface area (Å²) in [4.78, 5) is 10.7. The Morgan fingerprint density at radius 3 is 2.59 bits per heavy atom. The monoisotopic (exact) mass is 272 g/mol. The first kappa shape index (κ1) is 13.7. The molecule has 3 N–H and O–H groups in total. The zero-order valence-electron chi connectivity index (χ0n) is 9.45. The van der Waals surface area contributed by atoms with Crippen LogP contribution in [-0.4, -0.2) is 22.2 Å². The van der Waals surface area contributed by atoms with Gasteiger partial charge in [-0.25, -0.2) is 4.79 Å². The number of nitrogens with one attached hydrogen (secondary N) is 2. The van der Waals surface area contributed by atoms with Gasteiger partial charge in [0.1, 0.15) is 0 Å². The average molecular weight is 273 g/mol. The number of carbonyl (C=O) groups is 1. The molecule has 1 aromatic rings. The van der Waals surface area contributed by atoms with Gasteiger partial charge in [-0.15, -0.1) is 0 Å². The lowest BCUT2D eigenvalue weighted by atomic mass is 10.2. The maximum Gasteiger partial charge on any atom is 0.335 e. The number of carboxylic acids is 1. The number of aromatic carboxylic acids is 1. The van der Waals surface area contributed by atoms with Gasteiger partial charge in [0.15, 0.2) is 5.11 Å². The third-order valence-corrected chi connectivity index (χ3v) is 2.42. The van der Waals surface area contributed by atoms with E-state index in [0.29, 0.717) is 15.8 Å². The average Bonchev–Trinajstić information content (AvgIpc) is 2.19. The predicted molar refractivity (Wildman–Crippen MR) is 72.9 cm³/mol. The molecule has 0 saturated carbocycles. The fourth-order valence-corrected chi connectivity index (χ4v) is 1.74. The van der Waals surface area contributed by atoms with E-state index in [9.17, 15) is 4.79 Å². The van der Waals surface area contributed by atoms with E-state index < -0.39 is 5.97 Å². The number of halogens is 1. The SMILES string of the molecule is CC(C)NC(=S)Nc1ccc(C(=O)O)cc1Cl. The number of anilines is 1. The number of hydrogen-bond acceptors (Lipinski definition) is 2. The van der Waals surface area contributed by atoms with Crippen LogP contribution in [-0.2, 0) is 0 Å². The zero-order valence-corrected chi connectivity index (χ0v) is 11.0. The van der Waals surface area contributed by atoms with Gasteiger partial charge in [0.05, 0.1) is 16.3 Å². The van der Waals surface area contributed by atoms with Crippen molar-refractivity contribution in [3.8, 4) is 0 Å². The Kier molecular flexibility index (Phi) is 4.72. The largest absolute Gasteiger partial charge is 0.478 e. The molecule has 0 heterocycles. The van der Waals surface area contributed by atoms with E-state index in [0.717, 1.165) is 0 Å². The fraction of sp³-hybridized carbons (Fsp3) is 0.273. The predicted octanol–water partition coefficient (Wildman–Crippen LogP) is 2.73. The molecule has 0 unspecified atom stereocenters. The van der Waals surface area contributed by atoms with Crippen molar-refractivity contribution in [3.63, 3.8) is 0 Å². The van der Waals surface area contributed by atoms with Gasteiger partial charge in [0.2, 0.25) is 0 Å². The van der Waals surface area contributed by atoms with E-state index in [1.807, 2.05) is 13.8 Å². The molecule has 0 saturated heterocycles. The molecular weight excluding hydrogens is 260 g/mol. The Morgan fingerprint density at radius 2 is 2.12 bits per heavy atom. The van der Waals surface area contributed by atoms with Crippen molar-refractivity contribution in [1.82, 2.24) is 5.32 Å². The normalized spacial score (nSPS) is 10.1. The maximum atomic E-state index is 10.7. The lowest BCUT2D eigenvalue weighted by Crippen LogP contribution is -2.33. The van der Waals surface area contributed by atoms with Gasteiger partial charge in [-0.2, -0.15) is 0 Å². The quantitative estimate of drug-likeness (QED) is 0.739. The third kappa shape index (κ3) is 4.20. The van der Waals surface area contributed by atoms with Gasteiger partial charge >= 0.3 is 5.97 Å². The summed E-state index contributed by atoms with van der Waals surface area (Å²) in [5.74, 6) is -1.01. The van der Waals surface area contributed by atoms with Crippen LogP contribution in [0.1, 0.15) is 24.2 Å². The van der Waals surface area contributed by atoms with Crippen LogP contribution in [0.3, 0.4) is 0 Å². The number of carboxylic acid groups (broad SMARTS) is 1. The van der Waals surface area contributed by atoms with E-state index >= 15 is 0 Å². The van der Waals surface area contributed by atoms with Crippen molar-refractivity contribution in [1.29, 1.82) is 0 Å². The molecule has 1 rings (SSSR count). The maximum absolute atomic E-state index is 10.7. The van der Waals surface area contributed by atoms with E-state index in [4.69, 9.17) is 28.9 Å². The standard InChI is InChI=1S/C11H13ClN2O2S/c1-6(2)13-11(17)14-9-4-3-7(10(15)16)5-8(9)12/h3-6H,1-2H3,(H,15,16)(H2,13,14,17). The summed E-state index contributed by atoms with van der Waals surface area (Å²) in [5, 5.41) is 15.5. The Labute approximate surface area is 110 Å². The van der Waals surface area contributed by atoms with Crippen LogP contribution in [0, 0.1) is 0 Å². The molecule has 1 aromatic carbocycles. The van der Waals surface area contributed by atoms with Crippen molar-refractivity contribution in [3.05, 3.63) is 28.8 Å². The molecule has 0 aliphatic rings. The minimum Gasteiger partial charge on any atom is -0.478 e. The second kappa shape index (κ2) is 5.84. The Bertz CT molecular complexity index is 449. The molecular formula is C11H13ClN2O2S. The van der Waals surface area contributed by atoms with Crippen molar-refractivity contribution >= 4 is 40.6 Å². The Hall–Kier alpha value is -1.33. The van der Waals surface area contributed by atoms with Gasteiger partial charge in [-0.1, -0.05) is 11.6 Å². The highest BCUT2D eigenvalue weighted by atomic mass is 35.5. The molecule has 0 aromatic heterocycles. The summed E-state index contributed by atoms with van der Waals surface area (Å²) in [6.07, 6.45) is 0. The van der Waals surface area contributed by atoms with Crippen LogP contribution in [0.15, 0.2) is 18.2 Å². The second-order valence-corrected chi connectivity index (χ2v) is 4.57. The third-order valence-electron chi connectivity index (χ3n) is 1.88. The number of hydrogen-bond donors (Lipinski definition) is 3. The van der Waals surface area contributed by atoms with Crippen LogP contribution < -0.4 is 10.6 Å². The van der Waals surface area contributed by atoms with Crippen LogP contribution in [0.25, 0.3) is 0 Å². The van der Waals surface area contributed by atoms with Crippen LogP contribution in [0.4, 0.5) is 5.69 Å². The van der Waals surface area contributed by atoms with Crippen LogP contribution in [0.2, 0.25) is 5.02 Å². The Morgan fingerprint density at radius 1 is 1.47 bits per heavy atom. The molecule has 0 aliphatic heterocycles. The highest BCUT2D eigenvalue weighted by molar-refractivity contribution is 7.80. The van der Waals surface area contributed by atoms with Crippen molar-refractivity contribution in [2.75, 3.05) is 5.32 Å². The smallest absolute Gasteiger partial charge is 0.335 e. The summed E-state index contributed by atoms with van der Waals surface area (Å²) >= 11 is 11.0. The van der Waals surface area contributed by atoms with E-state index in [1.54, 1.807) is 6.07 Å². The van der Waals surface area contributed by atoms with E-state index in [2.05, 4.69) is 10.6 Å². The molecule has 0 spiro atoms. The molecule has 6 heteroatoms. The molecule has 0 atom stereocenters. The van der Waals surface area contributed by atoms with Crippen LogP contribution in [0.5, 0.6) is 0 Å². The van der Waals surface area contributed by atoms with E-state index in [1.165, 1.54) is 12.1 Å². The first-order valence-electron chi connectivity index (χ1n) is 5.00. The molecule has 0 bridgehead atoms. The first-order valence-corrected chi connectivity index (χ1v) is 5.79. The number of thiocarbonyl (C=S) groups is 1. The van der Waals surface area contributed by atoms with Gasteiger partial charge in [0, 0.05) is 6.04 Å². The highest BCUT2D eigenvalue weighted by Gasteiger charge is 2.08. The highest BCUT2D eigenvalue weighted by Crippen LogP contribution is 2.23. The van der Waals surface area contributed by atoms with Crippen molar-refractivity contribution in [2.24, 2.45) is 0 Å². The minimum absolute atomic E-state index is 0.142. The second-order valence-electron chi connectivity index (χ2n) is 3.75. The molecule has 0 radical (unpaired) electrons. The van der Waals surface area contributed by atoms with Gasteiger partial charge in [-0.3, -0.25) is 0 Å². The Balaban J connectivity index is 2.79. The molecule has 0 fully saturated rings. The fourth-order valence-electron chi connectivity index (χ4n) is 1.17. The van der Waals surface area contributed by atoms with Crippen molar-refractivity contribution < 1.29 is 9.90 Å². The molecule has 92 valence electrons. The number of benzene rings is 1.